The molecule has 0 aliphatic heterocycles. The highest BCUT2D eigenvalue weighted by Crippen LogP contribution is 2.15. The molecule has 0 spiro atoms. The van der Waals surface area contributed by atoms with Crippen molar-refractivity contribution >= 4 is 11.6 Å². The van der Waals surface area contributed by atoms with E-state index in [1.165, 1.54) is 12.2 Å². The first kappa shape index (κ1) is 17.7. The Morgan fingerprint density at radius 1 is 0.706 bits per heavy atom. The second-order valence-corrected chi connectivity index (χ2v) is 2.61. The lowest BCUT2D eigenvalue weighted by atomic mass is 9.95. The first-order chi connectivity index (χ1) is 7.79. The van der Waals surface area contributed by atoms with Gasteiger partial charge in [-0.2, -0.15) is 0 Å². The predicted molar refractivity (Wildman–Crippen MR) is 73.7 cm³/mol. The van der Waals surface area contributed by atoms with Crippen molar-refractivity contribution in [1.29, 1.82) is 0 Å². The summed E-state index contributed by atoms with van der Waals surface area (Å²) in [6, 6.07) is 6.84. The zero-order valence-corrected chi connectivity index (χ0v) is 10.3. The largest absolute Gasteiger partial charge is 0.289 e. The summed E-state index contributed by atoms with van der Waals surface area (Å²) in [6.07, 6.45) is 2.62. The van der Waals surface area contributed by atoms with Gasteiger partial charge in [-0.25, -0.2) is 0 Å². The number of benzene rings is 1. The molecule has 0 radical (unpaired) electrons. The van der Waals surface area contributed by atoms with Crippen LogP contribution in [-0.4, -0.2) is 11.6 Å². The van der Waals surface area contributed by atoms with Gasteiger partial charge in [0, 0.05) is 11.1 Å². The van der Waals surface area contributed by atoms with Gasteiger partial charge in [-0.15, -0.1) is 0 Å². The standard InChI is InChI=1S/C10H6O2.2C2H6.CH4/c11-9-5-6-10(12)8-4-2-1-3-7(8)9;2*1-2;/h1-6H;2*1-2H3;1H4. The maximum Gasteiger partial charge on any atom is 0.186 e. The van der Waals surface area contributed by atoms with Crippen molar-refractivity contribution in [1.82, 2.24) is 0 Å². The van der Waals surface area contributed by atoms with Gasteiger partial charge in [0.05, 0.1) is 0 Å². The SMILES string of the molecule is C.CC.CC.O=C1C=CC(=O)c2ccccc21. The van der Waals surface area contributed by atoms with Crippen LogP contribution in [-0.2, 0) is 0 Å². The summed E-state index contributed by atoms with van der Waals surface area (Å²) in [5.74, 6) is -0.185. The summed E-state index contributed by atoms with van der Waals surface area (Å²) in [7, 11) is 0. The second-order valence-electron chi connectivity index (χ2n) is 2.61. The second kappa shape index (κ2) is 9.52. The van der Waals surface area contributed by atoms with Gasteiger partial charge < -0.3 is 0 Å². The minimum Gasteiger partial charge on any atom is -0.289 e. The van der Waals surface area contributed by atoms with E-state index < -0.39 is 0 Å². The first-order valence-electron chi connectivity index (χ1n) is 5.65. The molecule has 0 saturated heterocycles. The summed E-state index contributed by atoms with van der Waals surface area (Å²) in [4.78, 5) is 22.4. The predicted octanol–water partition coefficient (Wildman–Crippen LogP) is 4.31. The summed E-state index contributed by atoms with van der Waals surface area (Å²) >= 11 is 0. The van der Waals surface area contributed by atoms with Crippen molar-refractivity contribution < 1.29 is 9.59 Å². The molecule has 1 aliphatic rings. The first-order valence-corrected chi connectivity index (χ1v) is 5.65. The van der Waals surface area contributed by atoms with E-state index in [1.807, 2.05) is 27.7 Å². The number of ketones is 2. The molecule has 0 fully saturated rings. The van der Waals surface area contributed by atoms with Crippen molar-refractivity contribution in [3.05, 3.63) is 47.5 Å². The third-order valence-electron chi connectivity index (χ3n) is 1.84. The molecule has 0 atom stereocenters. The van der Waals surface area contributed by atoms with Gasteiger partial charge in [0.15, 0.2) is 11.6 Å². The van der Waals surface area contributed by atoms with E-state index in [2.05, 4.69) is 0 Å². The Bertz CT molecular complexity index is 353. The van der Waals surface area contributed by atoms with Crippen LogP contribution in [0.4, 0.5) is 0 Å². The summed E-state index contributed by atoms with van der Waals surface area (Å²) in [5, 5.41) is 0. The topological polar surface area (TPSA) is 34.1 Å². The van der Waals surface area contributed by atoms with E-state index in [1.54, 1.807) is 24.3 Å². The van der Waals surface area contributed by atoms with Gasteiger partial charge in [0.2, 0.25) is 0 Å². The Labute approximate surface area is 104 Å². The number of allylic oxidation sites excluding steroid dienone is 2. The van der Waals surface area contributed by atoms with Crippen LogP contribution < -0.4 is 0 Å². The van der Waals surface area contributed by atoms with Crippen LogP contribution in [0.5, 0.6) is 0 Å². The number of hydrogen-bond donors (Lipinski definition) is 0. The maximum atomic E-state index is 11.2. The van der Waals surface area contributed by atoms with Gasteiger partial charge in [-0.3, -0.25) is 9.59 Å². The van der Waals surface area contributed by atoms with E-state index in [4.69, 9.17) is 0 Å². The van der Waals surface area contributed by atoms with Crippen LogP contribution in [0.2, 0.25) is 0 Å². The van der Waals surface area contributed by atoms with Gasteiger partial charge in [0.25, 0.3) is 0 Å². The lowest BCUT2D eigenvalue weighted by molar-refractivity contribution is 0.0994. The monoisotopic (exact) mass is 234 g/mol. The van der Waals surface area contributed by atoms with Crippen LogP contribution in [0.25, 0.3) is 0 Å². The lowest BCUT2D eigenvalue weighted by Crippen LogP contribution is -2.10. The third kappa shape index (κ3) is 4.35. The van der Waals surface area contributed by atoms with Crippen LogP contribution in [0.1, 0.15) is 55.8 Å². The number of hydrogen-bond acceptors (Lipinski definition) is 2. The average molecular weight is 234 g/mol. The van der Waals surface area contributed by atoms with Crippen LogP contribution in [0, 0.1) is 0 Å². The Balaban J connectivity index is 0. The van der Waals surface area contributed by atoms with Crippen molar-refractivity contribution in [2.45, 2.75) is 35.1 Å². The van der Waals surface area contributed by atoms with Crippen molar-refractivity contribution in [3.8, 4) is 0 Å². The number of carbonyl (C=O) groups is 2. The van der Waals surface area contributed by atoms with Crippen LogP contribution >= 0.6 is 0 Å². The van der Waals surface area contributed by atoms with E-state index in [9.17, 15) is 9.59 Å². The molecule has 0 aromatic heterocycles. The van der Waals surface area contributed by atoms with E-state index in [0.717, 1.165) is 0 Å². The Morgan fingerprint density at radius 2 is 1.00 bits per heavy atom. The Hall–Kier alpha value is -1.70. The fourth-order valence-electron chi connectivity index (χ4n) is 1.24. The molecule has 0 saturated carbocycles. The van der Waals surface area contributed by atoms with Crippen molar-refractivity contribution in [2.24, 2.45) is 0 Å². The van der Waals surface area contributed by atoms with E-state index in [-0.39, 0.29) is 19.0 Å². The number of rotatable bonds is 0. The Morgan fingerprint density at radius 3 is 1.29 bits per heavy atom. The summed E-state index contributed by atoms with van der Waals surface area (Å²) < 4.78 is 0. The third-order valence-corrected chi connectivity index (χ3v) is 1.84. The molecule has 0 N–H and O–H groups in total. The molecule has 0 heterocycles. The molecule has 2 nitrogen and oxygen atoms in total. The molecule has 1 aromatic rings. The zero-order chi connectivity index (χ0) is 12.6. The quantitative estimate of drug-likeness (QED) is 0.670. The van der Waals surface area contributed by atoms with Gasteiger partial charge in [-0.1, -0.05) is 59.4 Å². The Kier molecular flexibility index (Phi) is 9.91. The van der Waals surface area contributed by atoms with E-state index in [0.29, 0.717) is 11.1 Å². The molecule has 0 bridgehead atoms. The molecule has 0 unspecified atom stereocenters. The fourth-order valence-corrected chi connectivity index (χ4v) is 1.24. The van der Waals surface area contributed by atoms with Crippen molar-refractivity contribution in [2.75, 3.05) is 0 Å². The molecule has 17 heavy (non-hydrogen) atoms. The summed E-state index contributed by atoms with van der Waals surface area (Å²) in [6.45, 7) is 8.00. The van der Waals surface area contributed by atoms with Gasteiger partial charge in [-0.05, 0) is 12.2 Å². The molecular formula is C15H22O2. The van der Waals surface area contributed by atoms with E-state index >= 15 is 0 Å². The molecular weight excluding hydrogens is 212 g/mol. The maximum absolute atomic E-state index is 11.2. The molecule has 1 aliphatic carbocycles. The highest BCUT2D eigenvalue weighted by atomic mass is 16.1. The minimum atomic E-state index is -0.0924. The molecule has 2 heteroatoms. The molecule has 0 amide bonds. The number of fused-ring (bicyclic) bond motifs is 1. The minimum absolute atomic E-state index is 0. The lowest BCUT2D eigenvalue weighted by Gasteiger charge is -2.06. The highest BCUT2D eigenvalue weighted by molar-refractivity contribution is 6.21. The molecule has 2 rings (SSSR count). The van der Waals surface area contributed by atoms with Crippen LogP contribution in [0.15, 0.2) is 36.4 Å². The molecule has 94 valence electrons. The normalized spacial score (nSPS) is 11.1. The molecule has 1 aromatic carbocycles. The average Bonchev–Trinajstić information content (AvgIpc) is 2.39. The highest BCUT2D eigenvalue weighted by Gasteiger charge is 2.16. The van der Waals surface area contributed by atoms with Gasteiger partial charge >= 0.3 is 0 Å². The summed E-state index contributed by atoms with van der Waals surface area (Å²) in [5.41, 5.74) is 1.01. The smallest absolute Gasteiger partial charge is 0.186 e. The fraction of sp³-hybridized carbons (Fsp3) is 0.333. The van der Waals surface area contributed by atoms with Crippen molar-refractivity contribution in [3.63, 3.8) is 0 Å². The zero-order valence-electron chi connectivity index (χ0n) is 10.3. The van der Waals surface area contributed by atoms with Crippen LogP contribution in [0.3, 0.4) is 0 Å². The van der Waals surface area contributed by atoms with Gasteiger partial charge in [0.1, 0.15) is 0 Å². The number of carbonyl (C=O) groups excluding carboxylic acids is 2.